The molecule has 0 bridgehead atoms. The van der Waals surface area contributed by atoms with Crippen LogP contribution in [0.25, 0.3) is 0 Å². The van der Waals surface area contributed by atoms with E-state index in [2.05, 4.69) is 32.0 Å². The second-order valence-electron chi connectivity index (χ2n) is 5.20. The number of methoxy groups -OCH3 is 1. The van der Waals surface area contributed by atoms with Gasteiger partial charge >= 0.3 is 0 Å². The molecule has 2 aromatic carbocycles. The Bertz CT molecular complexity index is 590. The van der Waals surface area contributed by atoms with Crippen molar-refractivity contribution < 1.29 is 9.13 Å². The first-order valence-corrected chi connectivity index (χ1v) is 6.66. The van der Waals surface area contributed by atoms with Crippen LogP contribution in [-0.4, -0.2) is 7.11 Å². The molecule has 1 unspecified atom stereocenters. The van der Waals surface area contributed by atoms with Crippen molar-refractivity contribution in [2.24, 2.45) is 5.73 Å². The SMILES string of the molecule is COc1ccc(C(N)Cc2cc(C)cc(C)c2)cc1F. The van der Waals surface area contributed by atoms with E-state index in [9.17, 15) is 4.39 Å². The van der Waals surface area contributed by atoms with Crippen molar-refractivity contribution in [3.63, 3.8) is 0 Å². The molecule has 20 heavy (non-hydrogen) atoms. The Hall–Kier alpha value is -1.87. The van der Waals surface area contributed by atoms with Gasteiger partial charge in [-0.25, -0.2) is 4.39 Å². The number of halogens is 1. The number of nitrogens with two attached hydrogens (primary N) is 1. The van der Waals surface area contributed by atoms with Crippen molar-refractivity contribution >= 4 is 0 Å². The Morgan fingerprint density at radius 1 is 1.10 bits per heavy atom. The standard InChI is InChI=1S/C17H20FNO/c1-11-6-12(2)8-13(7-11)9-16(19)14-4-5-17(20-3)15(18)10-14/h4-8,10,16H,9,19H2,1-3H3. The third-order valence-corrected chi connectivity index (χ3v) is 3.34. The zero-order valence-electron chi connectivity index (χ0n) is 12.1. The molecular formula is C17H20FNO. The first-order valence-electron chi connectivity index (χ1n) is 6.66. The Kier molecular flexibility index (Phi) is 4.40. The lowest BCUT2D eigenvalue weighted by Crippen LogP contribution is -2.14. The smallest absolute Gasteiger partial charge is 0.165 e. The largest absolute Gasteiger partial charge is 0.494 e. The van der Waals surface area contributed by atoms with Gasteiger partial charge in [-0.05, 0) is 43.5 Å². The van der Waals surface area contributed by atoms with Crippen LogP contribution in [-0.2, 0) is 6.42 Å². The van der Waals surface area contributed by atoms with E-state index in [0.29, 0.717) is 6.42 Å². The van der Waals surface area contributed by atoms with Gasteiger partial charge < -0.3 is 10.5 Å². The van der Waals surface area contributed by atoms with Gasteiger partial charge in [0.25, 0.3) is 0 Å². The van der Waals surface area contributed by atoms with E-state index < -0.39 is 0 Å². The van der Waals surface area contributed by atoms with Crippen LogP contribution in [0.4, 0.5) is 4.39 Å². The molecule has 0 aromatic heterocycles. The molecule has 0 radical (unpaired) electrons. The summed E-state index contributed by atoms with van der Waals surface area (Å²) < 4.78 is 18.6. The summed E-state index contributed by atoms with van der Waals surface area (Å²) in [5.41, 5.74) is 10.6. The van der Waals surface area contributed by atoms with Crippen molar-refractivity contribution in [3.05, 3.63) is 64.5 Å². The van der Waals surface area contributed by atoms with Crippen LogP contribution in [0.2, 0.25) is 0 Å². The minimum absolute atomic E-state index is 0.225. The molecular weight excluding hydrogens is 253 g/mol. The number of aryl methyl sites for hydroxylation is 2. The Labute approximate surface area is 119 Å². The fraction of sp³-hybridized carbons (Fsp3) is 0.294. The lowest BCUT2D eigenvalue weighted by atomic mass is 9.97. The molecule has 106 valence electrons. The molecule has 2 N–H and O–H groups in total. The highest BCUT2D eigenvalue weighted by Gasteiger charge is 2.11. The van der Waals surface area contributed by atoms with Gasteiger partial charge in [-0.1, -0.05) is 35.4 Å². The van der Waals surface area contributed by atoms with Crippen LogP contribution in [0.15, 0.2) is 36.4 Å². The van der Waals surface area contributed by atoms with E-state index in [4.69, 9.17) is 10.5 Å². The average Bonchev–Trinajstić information content (AvgIpc) is 2.37. The van der Waals surface area contributed by atoms with Gasteiger partial charge in [-0.15, -0.1) is 0 Å². The first-order chi connectivity index (χ1) is 9.49. The van der Waals surface area contributed by atoms with Gasteiger partial charge in [0.05, 0.1) is 7.11 Å². The lowest BCUT2D eigenvalue weighted by Gasteiger charge is -2.14. The second kappa shape index (κ2) is 6.06. The number of rotatable bonds is 4. The summed E-state index contributed by atoms with van der Waals surface area (Å²) >= 11 is 0. The van der Waals surface area contributed by atoms with Gasteiger partial charge in [-0.3, -0.25) is 0 Å². The summed E-state index contributed by atoms with van der Waals surface area (Å²) in [6, 6.07) is 11.0. The first kappa shape index (κ1) is 14.5. The number of hydrogen-bond acceptors (Lipinski definition) is 2. The van der Waals surface area contributed by atoms with E-state index in [-0.39, 0.29) is 17.6 Å². The summed E-state index contributed by atoms with van der Waals surface area (Å²) in [7, 11) is 1.45. The van der Waals surface area contributed by atoms with Crippen LogP contribution in [0.5, 0.6) is 5.75 Å². The van der Waals surface area contributed by atoms with Gasteiger partial charge in [0.1, 0.15) is 0 Å². The van der Waals surface area contributed by atoms with Gasteiger partial charge in [0.15, 0.2) is 11.6 Å². The maximum atomic E-state index is 13.7. The number of benzene rings is 2. The molecule has 2 aromatic rings. The molecule has 2 rings (SSSR count). The molecule has 3 heteroatoms. The van der Waals surface area contributed by atoms with Crippen molar-refractivity contribution in [3.8, 4) is 5.75 Å². The minimum atomic E-state index is -0.374. The molecule has 0 saturated carbocycles. The summed E-state index contributed by atoms with van der Waals surface area (Å²) in [4.78, 5) is 0. The zero-order valence-corrected chi connectivity index (χ0v) is 12.1. The highest BCUT2D eigenvalue weighted by atomic mass is 19.1. The third kappa shape index (κ3) is 3.36. The van der Waals surface area contributed by atoms with Crippen LogP contribution in [0.1, 0.15) is 28.3 Å². The van der Waals surface area contributed by atoms with E-state index in [1.54, 1.807) is 6.07 Å². The maximum Gasteiger partial charge on any atom is 0.165 e. The highest BCUT2D eigenvalue weighted by molar-refractivity contribution is 5.33. The molecule has 0 fully saturated rings. The van der Waals surface area contributed by atoms with Crippen LogP contribution >= 0.6 is 0 Å². The third-order valence-electron chi connectivity index (χ3n) is 3.34. The van der Waals surface area contributed by atoms with E-state index >= 15 is 0 Å². The monoisotopic (exact) mass is 273 g/mol. The van der Waals surface area contributed by atoms with Gasteiger partial charge in [-0.2, -0.15) is 0 Å². The molecule has 1 atom stereocenters. The molecule has 0 aliphatic rings. The molecule has 0 amide bonds. The van der Waals surface area contributed by atoms with Crippen LogP contribution in [0, 0.1) is 19.7 Å². The maximum absolute atomic E-state index is 13.7. The Morgan fingerprint density at radius 3 is 2.30 bits per heavy atom. The topological polar surface area (TPSA) is 35.2 Å². The highest BCUT2D eigenvalue weighted by Crippen LogP contribution is 2.23. The van der Waals surface area contributed by atoms with E-state index in [1.807, 2.05) is 6.07 Å². The van der Waals surface area contributed by atoms with Crippen LogP contribution in [0.3, 0.4) is 0 Å². The zero-order chi connectivity index (χ0) is 14.7. The normalized spacial score (nSPS) is 12.2. The molecule has 0 aliphatic carbocycles. The van der Waals surface area contributed by atoms with Crippen molar-refractivity contribution in [2.45, 2.75) is 26.3 Å². The summed E-state index contributed by atoms with van der Waals surface area (Å²) in [6.07, 6.45) is 0.689. The quantitative estimate of drug-likeness (QED) is 0.922. The molecule has 0 heterocycles. The van der Waals surface area contributed by atoms with Gasteiger partial charge in [0, 0.05) is 6.04 Å². The van der Waals surface area contributed by atoms with Crippen molar-refractivity contribution in [2.75, 3.05) is 7.11 Å². The van der Waals surface area contributed by atoms with Crippen molar-refractivity contribution in [1.29, 1.82) is 0 Å². The summed E-state index contributed by atoms with van der Waals surface area (Å²) in [5, 5.41) is 0. The lowest BCUT2D eigenvalue weighted by molar-refractivity contribution is 0.386. The van der Waals surface area contributed by atoms with Gasteiger partial charge in [0.2, 0.25) is 0 Å². The fourth-order valence-electron chi connectivity index (χ4n) is 2.47. The van der Waals surface area contributed by atoms with E-state index in [1.165, 1.54) is 29.9 Å². The molecule has 0 saturated heterocycles. The minimum Gasteiger partial charge on any atom is -0.494 e. The predicted octanol–water partition coefficient (Wildman–Crippen LogP) is 3.69. The number of hydrogen-bond donors (Lipinski definition) is 1. The fourth-order valence-corrected chi connectivity index (χ4v) is 2.47. The molecule has 2 nitrogen and oxygen atoms in total. The molecule has 0 aliphatic heterocycles. The van der Waals surface area contributed by atoms with E-state index in [0.717, 1.165) is 5.56 Å². The Morgan fingerprint density at radius 2 is 1.75 bits per heavy atom. The average molecular weight is 273 g/mol. The Balaban J connectivity index is 2.19. The van der Waals surface area contributed by atoms with Crippen molar-refractivity contribution in [1.82, 2.24) is 0 Å². The summed E-state index contributed by atoms with van der Waals surface area (Å²) in [5.74, 6) is -0.131. The molecule has 0 spiro atoms. The second-order valence-corrected chi connectivity index (χ2v) is 5.20. The summed E-state index contributed by atoms with van der Waals surface area (Å²) in [6.45, 7) is 4.13. The predicted molar refractivity (Wildman–Crippen MR) is 79.5 cm³/mol. The van der Waals surface area contributed by atoms with Crippen LogP contribution < -0.4 is 10.5 Å². The number of ether oxygens (including phenoxy) is 1.